The number of allylic oxidation sites excluding steroid dienone is 5. The molecule has 5 aliphatic carbocycles. The molecule has 4 N–H and O–H groups in total. The number of aromatic hydroxyl groups is 2. The van der Waals surface area contributed by atoms with E-state index in [2.05, 4.69) is 66.4 Å². The molecule has 6 rings (SSSR count). The summed E-state index contributed by atoms with van der Waals surface area (Å²) in [5, 5.41) is 38.2. The Labute approximate surface area is 309 Å². The molecule has 0 radical (unpaired) electrons. The smallest absolute Gasteiger partial charge is 0.341 e. The first-order valence-electron chi connectivity index (χ1n) is 19.3. The second-order valence-electron chi connectivity index (χ2n) is 18.0. The molecule has 8 atom stereocenters. The van der Waals surface area contributed by atoms with Crippen molar-refractivity contribution in [1.29, 1.82) is 0 Å². The summed E-state index contributed by atoms with van der Waals surface area (Å²) in [5.74, 6) is -2.50. The first-order chi connectivity index (χ1) is 24.3. The van der Waals surface area contributed by atoms with E-state index in [1.807, 2.05) is 0 Å². The van der Waals surface area contributed by atoms with Gasteiger partial charge in [-0.1, -0.05) is 65.3 Å². The van der Waals surface area contributed by atoms with Crippen LogP contribution in [-0.4, -0.2) is 40.0 Å². The van der Waals surface area contributed by atoms with Gasteiger partial charge in [-0.3, -0.25) is 9.59 Å². The molecule has 0 bridgehead atoms. The largest absolute Gasteiger partial charge is 0.505 e. The van der Waals surface area contributed by atoms with Crippen LogP contribution in [0.25, 0.3) is 0 Å². The zero-order valence-electron chi connectivity index (χ0n) is 32.5. The highest BCUT2D eigenvalue weighted by Crippen LogP contribution is 2.64. The predicted octanol–water partition coefficient (Wildman–Crippen LogP) is 9.67. The summed E-state index contributed by atoms with van der Waals surface area (Å²) in [6.07, 6.45) is 13.0. The molecule has 1 aromatic carbocycles. The van der Waals surface area contributed by atoms with Crippen molar-refractivity contribution in [2.24, 2.45) is 45.3 Å². The van der Waals surface area contributed by atoms with Crippen molar-refractivity contribution >= 4 is 23.2 Å². The van der Waals surface area contributed by atoms with Gasteiger partial charge in [0.25, 0.3) is 0 Å². The lowest BCUT2D eigenvalue weighted by Crippen LogP contribution is -2.51. The second-order valence-corrected chi connectivity index (χ2v) is 18.0. The zero-order chi connectivity index (χ0) is 38.1. The number of benzene rings is 1. The van der Waals surface area contributed by atoms with E-state index >= 15 is 0 Å². The number of Topliss-reactive ketones (excluding diaryl/α,β-unsaturated/α-hetero) is 1. The maximum Gasteiger partial charge on any atom is 0.341 e. The van der Waals surface area contributed by atoms with Crippen molar-refractivity contribution in [3.8, 4) is 11.5 Å². The molecule has 0 saturated heterocycles. The van der Waals surface area contributed by atoms with Crippen molar-refractivity contribution in [2.75, 3.05) is 12.4 Å². The Balaban J connectivity index is 1.40. The Hall–Kier alpha value is -3.81. The molecule has 0 spiro atoms. The van der Waals surface area contributed by atoms with E-state index in [0.717, 1.165) is 63.9 Å². The minimum atomic E-state index is -0.798. The third-order valence-corrected chi connectivity index (χ3v) is 15.6. The maximum atomic E-state index is 13.6. The Morgan fingerprint density at radius 1 is 0.923 bits per heavy atom. The van der Waals surface area contributed by atoms with Gasteiger partial charge in [0.1, 0.15) is 22.8 Å². The molecule has 3 saturated carbocycles. The van der Waals surface area contributed by atoms with Crippen LogP contribution in [0.3, 0.4) is 0 Å². The molecular formula is C44H59NO7. The van der Waals surface area contributed by atoms with E-state index in [1.54, 1.807) is 0 Å². The molecule has 8 unspecified atom stereocenters. The van der Waals surface area contributed by atoms with Crippen LogP contribution in [0, 0.1) is 45.3 Å². The van der Waals surface area contributed by atoms with Gasteiger partial charge in [0.15, 0.2) is 5.75 Å². The molecule has 52 heavy (non-hydrogen) atoms. The van der Waals surface area contributed by atoms with E-state index in [0.29, 0.717) is 23.8 Å². The van der Waals surface area contributed by atoms with Crippen LogP contribution in [0.1, 0.15) is 129 Å². The van der Waals surface area contributed by atoms with Crippen LogP contribution in [-0.2, 0) is 20.7 Å². The number of methoxy groups -OCH3 is 1. The zero-order valence-corrected chi connectivity index (χ0v) is 32.5. The molecule has 5 aliphatic rings. The number of anilines is 1. The normalized spacial score (nSPS) is 36.4. The van der Waals surface area contributed by atoms with Crippen molar-refractivity contribution in [2.45, 2.75) is 119 Å². The first kappa shape index (κ1) is 37.9. The fraction of sp³-hybridized carbons (Fsp3) is 0.614. The van der Waals surface area contributed by atoms with E-state index < -0.39 is 23.3 Å². The van der Waals surface area contributed by atoms with Gasteiger partial charge < -0.3 is 25.4 Å². The second kappa shape index (κ2) is 13.2. The quantitative estimate of drug-likeness (QED) is 0.0722. The summed E-state index contributed by atoms with van der Waals surface area (Å²) in [7, 11) is 1.22. The van der Waals surface area contributed by atoms with Crippen molar-refractivity contribution in [3.05, 3.63) is 64.1 Å². The molecule has 3 fully saturated rings. The van der Waals surface area contributed by atoms with Crippen LogP contribution in [0.5, 0.6) is 11.5 Å². The van der Waals surface area contributed by atoms with Gasteiger partial charge >= 0.3 is 5.97 Å². The Morgan fingerprint density at radius 3 is 2.19 bits per heavy atom. The van der Waals surface area contributed by atoms with Gasteiger partial charge in [-0.2, -0.15) is 0 Å². The topological polar surface area (TPSA) is 133 Å². The molecule has 0 aromatic heterocycles. The number of fused-ring (bicyclic) bond motifs is 2. The number of hydrogen-bond donors (Lipinski definition) is 4. The summed E-state index contributed by atoms with van der Waals surface area (Å²) in [4.78, 5) is 40.0. The van der Waals surface area contributed by atoms with E-state index in [-0.39, 0.29) is 73.9 Å². The highest BCUT2D eigenvalue weighted by molar-refractivity contribution is 6.48. The third-order valence-electron chi connectivity index (χ3n) is 15.6. The average molecular weight is 714 g/mol. The lowest BCUT2D eigenvalue weighted by Gasteiger charge is -2.59. The van der Waals surface area contributed by atoms with E-state index in [1.165, 1.54) is 24.3 Å². The van der Waals surface area contributed by atoms with Gasteiger partial charge in [-0.05, 0) is 135 Å². The number of hydrogen-bond acceptors (Lipinski definition) is 8. The molecule has 282 valence electrons. The SMILES string of the molecule is C=C1CCCC2C1(C)CCC(C)C2(C)Cc1cc(C(=O)OC)c(O)c(NC2=CC(=O)C(=O)C(CC3(C)C(C)CCC4(C)C(C)=CCCC43)=C2O)c1O. The maximum absolute atomic E-state index is 13.6. The molecule has 0 heterocycles. The molecule has 8 heteroatoms. The summed E-state index contributed by atoms with van der Waals surface area (Å²) >= 11 is 0. The van der Waals surface area contributed by atoms with E-state index in [9.17, 15) is 29.7 Å². The minimum absolute atomic E-state index is 0.0319. The van der Waals surface area contributed by atoms with Crippen LogP contribution >= 0.6 is 0 Å². The van der Waals surface area contributed by atoms with E-state index in [4.69, 9.17) is 4.74 Å². The number of ketones is 2. The number of carbonyl (C=O) groups excluding carboxylic acids is 3. The third kappa shape index (κ3) is 5.74. The van der Waals surface area contributed by atoms with Gasteiger partial charge in [0.2, 0.25) is 11.6 Å². The first-order valence-corrected chi connectivity index (χ1v) is 19.3. The summed E-state index contributed by atoms with van der Waals surface area (Å²) in [5.41, 5.74) is 1.90. The molecular weight excluding hydrogens is 654 g/mol. The fourth-order valence-corrected chi connectivity index (χ4v) is 11.6. The van der Waals surface area contributed by atoms with Gasteiger partial charge in [-0.15, -0.1) is 0 Å². The Morgan fingerprint density at radius 2 is 1.54 bits per heavy atom. The minimum Gasteiger partial charge on any atom is -0.505 e. The number of esters is 1. The number of ether oxygens (including phenoxy) is 1. The lowest BCUT2D eigenvalue weighted by atomic mass is 9.46. The number of aliphatic hydroxyl groups is 1. The summed E-state index contributed by atoms with van der Waals surface area (Å²) in [6, 6.07) is 1.50. The number of phenols is 2. The van der Waals surface area contributed by atoms with Gasteiger partial charge in [0.05, 0.1) is 12.8 Å². The summed E-state index contributed by atoms with van der Waals surface area (Å²) in [6.45, 7) is 20.2. The fourth-order valence-electron chi connectivity index (χ4n) is 11.6. The molecule has 8 nitrogen and oxygen atoms in total. The predicted molar refractivity (Wildman–Crippen MR) is 203 cm³/mol. The van der Waals surface area contributed by atoms with Gasteiger partial charge in [-0.25, -0.2) is 4.79 Å². The van der Waals surface area contributed by atoms with Crippen LogP contribution in [0.2, 0.25) is 0 Å². The molecule has 1 aromatic rings. The lowest BCUT2D eigenvalue weighted by molar-refractivity contribution is -0.132. The standard InChI is InChI=1S/C44H59NO7/c1-24-12-10-14-33-41(24,5)18-16-26(3)43(33,7)22-28-20-29(40(51)52-9)39(50)35(36(28)47)45-31-21-32(46)38(49)30(37(31)48)23-44(8)27(4)17-19-42(6)25(2)13-11-15-34(42)44/h13,20-21,26-27,33-34,45,47-48,50H,1,10-12,14-19,22-23H2,2-9H3. The monoisotopic (exact) mass is 713 g/mol. The Bertz CT molecular complexity index is 1820. The molecule has 0 amide bonds. The van der Waals surface area contributed by atoms with Gasteiger partial charge in [0, 0.05) is 11.6 Å². The average Bonchev–Trinajstić information content (AvgIpc) is 3.10. The highest BCUT2D eigenvalue weighted by Gasteiger charge is 2.56. The van der Waals surface area contributed by atoms with Crippen LogP contribution in [0.4, 0.5) is 5.69 Å². The number of rotatable bonds is 7. The highest BCUT2D eigenvalue weighted by atomic mass is 16.5. The Kier molecular flexibility index (Phi) is 9.66. The number of aliphatic hydroxyl groups excluding tert-OH is 1. The molecule has 0 aliphatic heterocycles. The number of carbonyl (C=O) groups is 3. The van der Waals surface area contributed by atoms with Crippen LogP contribution in [0.15, 0.2) is 53.0 Å². The van der Waals surface area contributed by atoms with Crippen molar-refractivity contribution < 1.29 is 34.4 Å². The van der Waals surface area contributed by atoms with Crippen molar-refractivity contribution in [3.63, 3.8) is 0 Å². The number of phenolic OH excluding ortho intramolecular Hbond substituents is 2. The van der Waals surface area contributed by atoms with Crippen LogP contribution < -0.4 is 5.32 Å². The summed E-state index contributed by atoms with van der Waals surface area (Å²) < 4.78 is 5.05. The number of nitrogens with one attached hydrogen (secondary N) is 1. The van der Waals surface area contributed by atoms with Crippen molar-refractivity contribution in [1.82, 2.24) is 0 Å².